The Bertz CT molecular complexity index is 404. The molecule has 0 bridgehead atoms. The number of carbonyl (C=O) groups excluding carboxylic acids is 4. The van der Waals surface area contributed by atoms with Gasteiger partial charge < -0.3 is 29.5 Å². The van der Waals surface area contributed by atoms with Crippen LogP contribution in [0.1, 0.15) is 13.8 Å². The van der Waals surface area contributed by atoms with Crippen LogP contribution >= 0.6 is 0 Å². The van der Waals surface area contributed by atoms with Gasteiger partial charge in [-0.1, -0.05) is 0 Å². The zero-order chi connectivity index (χ0) is 16.6. The van der Waals surface area contributed by atoms with Gasteiger partial charge >= 0.3 is 23.9 Å². The van der Waals surface area contributed by atoms with E-state index in [1.807, 2.05) is 0 Å². The van der Waals surface area contributed by atoms with Gasteiger partial charge in [0.05, 0.1) is 13.2 Å². The number of ether oxygens (including phenoxy) is 3. The lowest BCUT2D eigenvalue weighted by molar-refractivity contribution is -0.185. The molecule has 10 heteroatoms. The van der Waals surface area contributed by atoms with E-state index in [4.69, 9.17) is 14.9 Å². The number of rotatable bonds is 7. The highest BCUT2D eigenvalue weighted by Gasteiger charge is 2.37. The predicted octanol–water partition coefficient (Wildman–Crippen LogP) is -2.73. The minimum atomic E-state index is -2.26. The molecule has 3 atom stereocenters. The summed E-state index contributed by atoms with van der Waals surface area (Å²) in [6, 6.07) is 0. The first-order valence-corrected chi connectivity index (χ1v) is 5.72. The molecule has 21 heavy (non-hydrogen) atoms. The van der Waals surface area contributed by atoms with E-state index in [9.17, 15) is 24.3 Å². The molecule has 0 amide bonds. The van der Waals surface area contributed by atoms with Gasteiger partial charge in [0.15, 0.2) is 12.2 Å². The molecule has 0 heterocycles. The molecular weight excluding hydrogens is 292 g/mol. The quantitative estimate of drug-likeness (QED) is 0.333. The third-order valence-electron chi connectivity index (χ3n) is 1.93. The van der Waals surface area contributed by atoms with Gasteiger partial charge in [-0.05, 0) is 0 Å². The van der Waals surface area contributed by atoms with E-state index in [2.05, 4.69) is 9.47 Å². The Morgan fingerprint density at radius 3 is 1.86 bits per heavy atom. The molecule has 0 aromatic carbocycles. The first-order valence-electron chi connectivity index (χ1n) is 5.72. The second-order valence-electron chi connectivity index (χ2n) is 3.86. The lowest BCUT2D eigenvalue weighted by Crippen LogP contribution is -2.45. The average Bonchev–Trinajstić information content (AvgIpc) is 2.36. The Balaban J connectivity index is 4.92. The van der Waals surface area contributed by atoms with Crippen molar-refractivity contribution in [1.82, 2.24) is 0 Å². The second-order valence-corrected chi connectivity index (χ2v) is 3.86. The highest BCUT2D eigenvalue weighted by Crippen LogP contribution is 2.07. The molecule has 0 aliphatic heterocycles. The van der Waals surface area contributed by atoms with E-state index in [0.29, 0.717) is 0 Å². The minimum absolute atomic E-state index is 0.640. The molecule has 0 aromatic rings. The van der Waals surface area contributed by atoms with Crippen LogP contribution in [0.4, 0.5) is 0 Å². The molecular formula is C11H16O10. The van der Waals surface area contributed by atoms with Crippen LogP contribution in [0.3, 0.4) is 0 Å². The highest BCUT2D eigenvalue weighted by atomic mass is 16.6. The predicted molar refractivity (Wildman–Crippen MR) is 62.4 cm³/mol. The Hall–Kier alpha value is -1.88. The van der Waals surface area contributed by atoms with E-state index in [0.717, 1.165) is 13.8 Å². The van der Waals surface area contributed by atoms with Gasteiger partial charge in [0.25, 0.3) is 0 Å². The highest BCUT2D eigenvalue weighted by molar-refractivity contribution is 5.93. The summed E-state index contributed by atoms with van der Waals surface area (Å²) in [6.07, 6.45) is -5.66. The maximum atomic E-state index is 11.5. The summed E-state index contributed by atoms with van der Waals surface area (Å²) in [4.78, 5) is 44.1. The maximum absolute atomic E-state index is 11.5. The van der Waals surface area contributed by atoms with Crippen LogP contribution in [0.2, 0.25) is 0 Å². The zero-order valence-corrected chi connectivity index (χ0v) is 11.3. The molecule has 0 saturated heterocycles. The number of aliphatic hydroxyl groups is 3. The minimum Gasteiger partial charge on any atom is -0.394 e. The smallest absolute Gasteiger partial charge is 0.346 e. The number of esters is 4. The van der Waals surface area contributed by atoms with Crippen LogP contribution in [-0.4, -0.2) is 70.7 Å². The van der Waals surface area contributed by atoms with Crippen molar-refractivity contribution < 1.29 is 48.7 Å². The van der Waals surface area contributed by atoms with Crippen molar-refractivity contribution in [3.8, 4) is 0 Å². The normalized spacial score (nSPS) is 14.7. The van der Waals surface area contributed by atoms with Gasteiger partial charge in [-0.25, -0.2) is 9.59 Å². The first kappa shape index (κ1) is 19.1. The van der Waals surface area contributed by atoms with Gasteiger partial charge in [-0.3, -0.25) is 9.59 Å². The largest absolute Gasteiger partial charge is 0.394 e. The summed E-state index contributed by atoms with van der Waals surface area (Å²) < 4.78 is 12.9. The maximum Gasteiger partial charge on any atom is 0.346 e. The molecule has 0 saturated carbocycles. The monoisotopic (exact) mass is 308 g/mol. The van der Waals surface area contributed by atoms with Crippen molar-refractivity contribution in [2.75, 3.05) is 13.2 Å². The third-order valence-corrected chi connectivity index (χ3v) is 1.93. The van der Waals surface area contributed by atoms with E-state index >= 15 is 0 Å². The Labute approximate surface area is 119 Å². The Morgan fingerprint density at radius 2 is 1.43 bits per heavy atom. The summed E-state index contributed by atoms with van der Waals surface area (Å²) >= 11 is 0. The number of aliphatic hydroxyl groups excluding tert-OH is 3. The van der Waals surface area contributed by atoms with Crippen LogP contribution in [0.15, 0.2) is 0 Å². The topological polar surface area (TPSA) is 157 Å². The first-order chi connectivity index (χ1) is 9.68. The fourth-order valence-corrected chi connectivity index (χ4v) is 1.08. The zero-order valence-electron chi connectivity index (χ0n) is 11.3. The van der Waals surface area contributed by atoms with Gasteiger partial charge in [0, 0.05) is 13.8 Å². The molecule has 0 fully saturated rings. The number of carbonyl (C=O) groups is 4. The van der Waals surface area contributed by atoms with E-state index in [1.54, 1.807) is 0 Å². The van der Waals surface area contributed by atoms with Crippen LogP contribution in [0.5, 0.6) is 0 Å². The summed E-state index contributed by atoms with van der Waals surface area (Å²) in [5.74, 6) is -4.97. The SMILES string of the molecule is CC(=O)OC(=O)C(O)C(OCC(O)CO)C(=O)OC(C)=O. The van der Waals surface area contributed by atoms with E-state index < -0.39 is 55.4 Å². The fraction of sp³-hybridized carbons (Fsp3) is 0.636. The van der Waals surface area contributed by atoms with Gasteiger partial charge in [0.2, 0.25) is 0 Å². The lowest BCUT2D eigenvalue weighted by atomic mass is 10.2. The van der Waals surface area contributed by atoms with Gasteiger partial charge in [-0.2, -0.15) is 0 Å². The average molecular weight is 308 g/mol. The van der Waals surface area contributed by atoms with Crippen molar-refractivity contribution in [3.05, 3.63) is 0 Å². The summed E-state index contributed by atoms with van der Waals surface area (Å²) in [6.45, 7) is 0.447. The number of hydrogen-bond acceptors (Lipinski definition) is 10. The molecule has 120 valence electrons. The molecule has 0 spiro atoms. The van der Waals surface area contributed by atoms with E-state index in [1.165, 1.54) is 0 Å². The molecule has 0 aliphatic carbocycles. The van der Waals surface area contributed by atoms with Crippen molar-refractivity contribution >= 4 is 23.9 Å². The summed E-state index contributed by atoms with van der Waals surface area (Å²) in [5.41, 5.74) is 0. The third kappa shape index (κ3) is 7.46. The molecule has 0 aromatic heterocycles. The Kier molecular flexibility index (Phi) is 8.31. The molecule has 0 aliphatic rings. The van der Waals surface area contributed by atoms with Crippen LogP contribution in [0.25, 0.3) is 0 Å². The lowest BCUT2D eigenvalue weighted by Gasteiger charge is -2.20. The Morgan fingerprint density at radius 1 is 0.952 bits per heavy atom. The fourth-order valence-electron chi connectivity index (χ4n) is 1.08. The van der Waals surface area contributed by atoms with Crippen molar-refractivity contribution in [2.24, 2.45) is 0 Å². The van der Waals surface area contributed by atoms with E-state index in [-0.39, 0.29) is 0 Å². The standard InChI is InChI=1S/C11H16O10/c1-5(13)20-10(17)8(16)9(11(18)21-6(2)14)19-4-7(15)3-12/h7-9,12,15-16H,3-4H2,1-2H3. The molecule has 3 N–H and O–H groups in total. The van der Waals surface area contributed by atoms with Crippen LogP contribution < -0.4 is 0 Å². The summed E-state index contributed by atoms with van der Waals surface area (Å²) in [5, 5.41) is 27.3. The summed E-state index contributed by atoms with van der Waals surface area (Å²) in [7, 11) is 0. The van der Waals surface area contributed by atoms with Crippen molar-refractivity contribution in [3.63, 3.8) is 0 Å². The van der Waals surface area contributed by atoms with Crippen molar-refractivity contribution in [1.29, 1.82) is 0 Å². The molecule has 10 nitrogen and oxygen atoms in total. The molecule has 0 radical (unpaired) electrons. The van der Waals surface area contributed by atoms with Crippen molar-refractivity contribution in [2.45, 2.75) is 32.2 Å². The van der Waals surface area contributed by atoms with Gasteiger partial charge in [-0.15, -0.1) is 0 Å². The number of hydrogen-bond donors (Lipinski definition) is 3. The van der Waals surface area contributed by atoms with Gasteiger partial charge in [0.1, 0.15) is 6.10 Å². The van der Waals surface area contributed by atoms with Crippen LogP contribution in [0, 0.1) is 0 Å². The molecule has 0 rings (SSSR count). The molecule has 3 unspecified atom stereocenters. The van der Waals surface area contributed by atoms with Crippen LogP contribution in [-0.2, 0) is 33.4 Å². The second kappa shape index (κ2) is 9.13.